The van der Waals surface area contributed by atoms with Crippen molar-refractivity contribution >= 4 is 44.8 Å². The maximum atomic E-state index is 11.6. The number of nitrogens with zero attached hydrogens (tertiary/aromatic N) is 4. The molecule has 3 rings (SSSR count). The number of pyridine rings is 1. The lowest BCUT2D eigenvalue weighted by atomic mass is 10.3. The Hall–Kier alpha value is -3.07. The van der Waals surface area contributed by atoms with Gasteiger partial charge in [0.2, 0.25) is 11.6 Å². The lowest BCUT2D eigenvalue weighted by molar-refractivity contribution is -0.383. The molecule has 0 spiro atoms. The fourth-order valence-corrected chi connectivity index (χ4v) is 2.50. The number of nitro groups is 1. The molecule has 2 heterocycles. The number of hydrogen-bond acceptors (Lipinski definition) is 7. The topological polar surface area (TPSA) is 106 Å². The summed E-state index contributed by atoms with van der Waals surface area (Å²) in [6, 6.07) is 10.8. The van der Waals surface area contributed by atoms with Gasteiger partial charge in [0.15, 0.2) is 0 Å². The molecule has 0 atom stereocenters. The highest BCUT2D eigenvalue weighted by Crippen LogP contribution is 2.32. The number of aromatic nitrogens is 3. The Balaban J connectivity index is 1.96. The molecule has 0 aliphatic heterocycles. The first kappa shape index (κ1) is 16.8. The molecule has 2 aromatic heterocycles. The number of benzene rings is 1. The first-order chi connectivity index (χ1) is 12.0. The quantitative estimate of drug-likeness (QED) is 0.484. The molecule has 0 saturated heterocycles. The van der Waals surface area contributed by atoms with Gasteiger partial charge in [-0.2, -0.15) is 0 Å². The summed E-state index contributed by atoms with van der Waals surface area (Å²) in [6.45, 7) is 1.91. The van der Waals surface area contributed by atoms with Crippen molar-refractivity contribution in [3.63, 3.8) is 0 Å². The first-order valence-electron chi connectivity index (χ1n) is 7.24. The third-order valence-electron chi connectivity index (χ3n) is 3.25. The minimum absolute atomic E-state index is 0.0637. The van der Waals surface area contributed by atoms with Gasteiger partial charge in [0.1, 0.15) is 12.1 Å². The minimum atomic E-state index is -0.531. The van der Waals surface area contributed by atoms with Crippen LogP contribution in [0.2, 0.25) is 0 Å². The van der Waals surface area contributed by atoms with Crippen LogP contribution in [0, 0.1) is 17.0 Å². The molecule has 0 fully saturated rings. The SMILES string of the molecule is Cc1ccc(Nc2ncnc(Nc3cccc(Br)c3)c2[N+](=O)[O-])nc1. The standard InChI is InChI=1S/C16H13BrN6O2/c1-10-5-6-13(18-8-10)22-16-14(23(24)25)15(19-9-20-16)21-12-4-2-3-11(17)7-12/h2-9H,1H3,(H2,18,19,20,21,22). The Labute approximate surface area is 151 Å². The maximum Gasteiger partial charge on any atom is 0.353 e. The van der Waals surface area contributed by atoms with E-state index in [0.29, 0.717) is 11.5 Å². The highest BCUT2D eigenvalue weighted by Gasteiger charge is 2.23. The van der Waals surface area contributed by atoms with Gasteiger partial charge in [-0.05, 0) is 36.8 Å². The van der Waals surface area contributed by atoms with Crippen LogP contribution in [0.4, 0.5) is 28.8 Å². The van der Waals surface area contributed by atoms with E-state index < -0.39 is 4.92 Å². The minimum Gasteiger partial charge on any atom is -0.334 e. The molecule has 0 radical (unpaired) electrons. The highest BCUT2D eigenvalue weighted by atomic mass is 79.9. The first-order valence-corrected chi connectivity index (χ1v) is 8.04. The summed E-state index contributed by atoms with van der Waals surface area (Å²) in [5, 5.41) is 17.4. The molecular formula is C16H13BrN6O2. The Morgan fingerprint density at radius 2 is 1.84 bits per heavy atom. The maximum absolute atomic E-state index is 11.6. The van der Waals surface area contributed by atoms with E-state index in [1.807, 2.05) is 25.1 Å². The van der Waals surface area contributed by atoms with Crippen molar-refractivity contribution < 1.29 is 4.92 Å². The third-order valence-corrected chi connectivity index (χ3v) is 3.74. The molecule has 1 aromatic carbocycles. The predicted octanol–water partition coefficient (Wildman–Crippen LogP) is 4.34. The number of rotatable bonds is 5. The summed E-state index contributed by atoms with van der Waals surface area (Å²) in [5.74, 6) is 0.613. The molecule has 0 bridgehead atoms. The molecule has 3 aromatic rings. The van der Waals surface area contributed by atoms with E-state index in [0.717, 1.165) is 10.0 Å². The van der Waals surface area contributed by atoms with Crippen molar-refractivity contribution in [2.45, 2.75) is 6.92 Å². The summed E-state index contributed by atoms with van der Waals surface area (Å²) >= 11 is 3.36. The average Bonchev–Trinajstić information content (AvgIpc) is 2.57. The highest BCUT2D eigenvalue weighted by molar-refractivity contribution is 9.10. The van der Waals surface area contributed by atoms with Crippen LogP contribution >= 0.6 is 15.9 Å². The van der Waals surface area contributed by atoms with Gasteiger partial charge in [0.05, 0.1) is 4.92 Å². The molecule has 2 N–H and O–H groups in total. The molecule has 0 aliphatic carbocycles. The molecule has 0 unspecified atom stereocenters. The van der Waals surface area contributed by atoms with Crippen LogP contribution in [0.15, 0.2) is 53.4 Å². The summed E-state index contributed by atoms with van der Waals surface area (Å²) in [7, 11) is 0. The van der Waals surface area contributed by atoms with Crippen molar-refractivity contribution in [3.8, 4) is 0 Å². The molecule has 9 heteroatoms. The summed E-state index contributed by atoms with van der Waals surface area (Å²) in [5.41, 5.74) is 1.39. The zero-order valence-electron chi connectivity index (χ0n) is 13.1. The fraction of sp³-hybridized carbons (Fsp3) is 0.0625. The largest absolute Gasteiger partial charge is 0.353 e. The van der Waals surface area contributed by atoms with E-state index in [1.54, 1.807) is 24.4 Å². The smallest absolute Gasteiger partial charge is 0.334 e. The van der Waals surface area contributed by atoms with E-state index in [1.165, 1.54) is 6.33 Å². The summed E-state index contributed by atoms with van der Waals surface area (Å²) in [4.78, 5) is 23.2. The number of aryl methyl sites for hydroxylation is 1. The predicted molar refractivity (Wildman–Crippen MR) is 98.4 cm³/mol. The van der Waals surface area contributed by atoms with Crippen molar-refractivity contribution in [1.82, 2.24) is 15.0 Å². The Morgan fingerprint density at radius 3 is 2.48 bits per heavy atom. The zero-order valence-corrected chi connectivity index (χ0v) is 14.7. The second-order valence-corrected chi connectivity index (χ2v) is 6.07. The van der Waals surface area contributed by atoms with Gasteiger partial charge < -0.3 is 10.6 Å². The van der Waals surface area contributed by atoms with Gasteiger partial charge in [0, 0.05) is 16.4 Å². The van der Waals surface area contributed by atoms with E-state index in [-0.39, 0.29) is 17.3 Å². The van der Waals surface area contributed by atoms with Crippen LogP contribution in [0.1, 0.15) is 5.56 Å². The van der Waals surface area contributed by atoms with Crippen LogP contribution in [0.3, 0.4) is 0 Å². The summed E-state index contributed by atoms with van der Waals surface area (Å²) < 4.78 is 0.844. The molecule has 126 valence electrons. The van der Waals surface area contributed by atoms with Crippen molar-refractivity contribution in [2.75, 3.05) is 10.6 Å². The second-order valence-electron chi connectivity index (χ2n) is 5.16. The average molecular weight is 401 g/mol. The number of hydrogen-bond donors (Lipinski definition) is 2. The van der Waals surface area contributed by atoms with E-state index >= 15 is 0 Å². The van der Waals surface area contributed by atoms with Crippen LogP contribution in [-0.4, -0.2) is 19.9 Å². The van der Waals surface area contributed by atoms with Crippen molar-refractivity contribution in [3.05, 3.63) is 69.1 Å². The van der Waals surface area contributed by atoms with Crippen molar-refractivity contribution in [1.29, 1.82) is 0 Å². The normalized spacial score (nSPS) is 10.3. The third kappa shape index (κ3) is 4.07. The molecule has 0 saturated carbocycles. The van der Waals surface area contributed by atoms with Gasteiger partial charge in [-0.3, -0.25) is 10.1 Å². The van der Waals surface area contributed by atoms with Gasteiger partial charge in [-0.25, -0.2) is 15.0 Å². The fourth-order valence-electron chi connectivity index (χ4n) is 2.10. The number of halogens is 1. The summed E-state index contributed by atoms with van der Waals surface area (Å²) in [6.07, 6.45) is 2.92. The Kier molecular flexibility index (Phi) is 4.85. The van der Waals surface area contributed by atoms with E-state index in [2.05, 4.69) is 41.5 Å². The Bertz CT molecular complexity index is 917. The van der Waals surface area contributed by atoms with Crippen LogP contribution < -0.4 is 10.6 Å². The van der Waals surface area contributed by atoms with Crippen molar-refractivity contribution in [2.24, 2.45) is 0 Å². The van der Waals surface area contributed by atoms with Crippen LogP contribution in [-0.2, 0) is 0 Å². The van der Waals surface area contributed by atoms with Crippen LogP contribution in [0.25, 0.3) is 0 Å². The molecule has 0 amide bonds. The van der Waals surface area contributed by atoms with Gasteiger partial charge in [0.25, 0.3) is 0 Å². The zero-order chi connectivity index (χ0) is 17.8. The molecule has 8 nitrogen and oxygen atoms in total. The van der Waals surface area contributed by atoms with Crippen LogP contribution in [0.5, 0.6) is 0 Å². The van der Waals surface area contributed by atoms with Gasteiger partial charge >= 0.3 is 5.69 Å². The molecule has 0 aliphatic rings. The monoisotopic (exact) mass is 400 g/mol. The lowest BCUT2D eigenvalue weighted by Gasteiger charge is -2.10. The second kappa shape index (κ2) is 7.22. The lowest BCUT2D eigenvalue weighted by Crippen LogP contribution is -2.06. The molecular weight excluding hydrogens is 388 g/mol. The van der Waals surface area contributed by atoms with Gasteiger partial charge in [-0.1, -0.05) is 28.1 Å². The van der Waals surface area contributed by atoms with Gasteiger partial charge in [-0.15, -0.1) is 0 Å². The van der Waals surface area contributed by atoms with E-state index in [9.17, 15) is 10.1 Å². The number of anilines is 4. The van der Waals surface area contributed by atoms with E-state index in [4.69, 9.17) is 0 Å². The number of nitrogens with one attached hydrogen (secondary N) is 2. The molecule has 25 heavy (non-hydrogen) atoms. The Morgan fingerprint density at radius 1 is 1.08 bits per heavy atom.